The second kappa shape index (κ2) is 7.35. The van der Waals surface area contributed by atoms with Crippen molar-refractivity contribution in [2.24, 2.45) is 0 Å². The van der Waals surface area contributed by atoms with E-state index in [-0.39, 0.29) is 13.1 Å². The highest BCUT2D eigenvalue weighted by molar-refractivity contribution is 6.34. The van der Waals surface area contributed by atoms with E-state index in [9.17, 15) is 22.4 Å². The number of hydrogen-bond donors (Lipinski definition) is 1. The summed E-state index contributed by atoms with van der Waals surface area (Å²) in [5.74, 6) is -1.78. The van der Waals surface area contributed by atoms with E-state index >= 15 is 0 Å². The summed E-state index contributed by atoms with van der Waals surface area (Å²) >= 11 is 5.79. The van der Waals surface area contributed by atoms with E-state index in [4.69, 9.17) is 11.6 Å². The number of halogens is 5. The van der Waals surface area contributed by atoms with Crippen LogP contribution in [-0.2, 0) is 19.1 Å². The zero-order chi connectivity index (χ0) is 21.6. The number of carbonyl (C=O) groups excluding carboxylic acids is 1. The summed E-state index contributed by atoms with van der Waals surface area (Å²) in [7, 11) is 0. The van der Waals surface area contributed by atoms with Gasteiger partial charge in [-0.3, -0.25) is 9.89 Å². The highest BCUT2D eigenvalue weighted by Gasteiger charge is 2.39. The van der Waals surface area contributed by atoms with Gasteiger partial charge in [0, 0.05) is 18.3 Å². The normalized spacial score (nSPS) is 14.0. The Bertz CT molecular complexity index is 1130. The number of H-pyrrole nitrogens is 1. The molecule has 6 nitrogen and oxygen atoms in total. The van der Waals surface area contributed by atoms with Crippen LogP contribution in [0.5, 0.6) is 0 Å². The van der Waals surface area contributed by atoms with E-state index in [0.29, 0.717) is 35.4 Å². The standard InChI is InChI=1S/C19H14ClF4N5O/c1-9-26-14-8-29(7-5-10(14)17(27-9)13-4-6-25-28-13)18(30)11-2-3-12(21)15(16(11)20)19(22,23)24/h2-4,6H,5,7-8H2,1H3,(H,25,28). The van der Waals surface area contributed by atoms with Gasteiger partial charge in [-0.05, 0) is 31.5 Å². The van der Waals surface area contributed by atoms with Crippen molar-refractivity contribution in [2.45, 2.75) is 26.1 Å². The number of benzene rings is 1. The first kappa shape index (κ1) is 20.3. The minimum atomic E-state index is -5.02. The Labute approximate surface area is 172 Å². The SMILES string of the molecule is Cc1nc2c(c(-c3ccn[nH]3)n1)CCN(C(=O)c1ccc(F)c(C(F)(F)F)c1Cl)C2. The first-order valence-corrected chi connectivity index (χ1v) is 9.25. The molecule has 1 amide bonds. The number of hydrogen-bond acceptors (Lipinski definition) is 4. The van der Waals surface area contributed by atoms with Gasteiger partial charge in [-0.25, -0.2) is 14.4 Å². The average molecular weight is 440 g/mol. The summed E-state index contributed by atoms with van der Waals surface area (Å²) in [5, 5.41) is 5.81. The number of aryl methyl sites for hydroxylation is 1. The second-order valence-corrected chi connectivity index (χ2v) is 7.15. The molecule has 0 aliphatic carbocycles. The topological polar surface area (TPSA) is 74.8 Å². The number of nitrogens with one attached hydrogen (secondary N) is 1. The Morgan fingerprint density at radius 2 is 2.00 bits per heavy atom. The van der Waals surface area contributed by atoms with Gasteiger partial charge in [0.25, 0.3) is 5.91 Å². The summed E-state index contributed by atoms with van der Waals surface area (Å²) in [4.78, 5) is 23.1. The van der Waals surface area contributed by atoms with Gasteiger partial charge in [0.05, 0.1) is 34.2 Å². The van der Waals surface area contributed by atoms with Gasteiger partial charge in [-0.15, -0.1) is 0 Å². The molecule has 0 saturated heterocycles. The molecule has 3 heterocycles. The lowest BCUT2D eigenvalue weighted by Crippen LogP contribution is -2.37. The monoisotopic (exact) mass is 439 g/mol. The molecule has 0 saturated carbocycles. The van der Waals surface area contributed by atoms with Gasteiger partial charge in [-0.1, -0.05) is 11.6 Å². The van der Waals surface area contributed by atoms with Gasteiger partial charge >= 0.3 is 6.18 Å². The lowest BCUT2D eigenvalue weighted by Gasteiger charge is -2.29. The lowest BCUT2D eigenvalue weighted by molar-refractivity contribution is -0.139. The van der Waals surface area contributed by atoms with Gasteiger partial charge in [-0.2, -0.15) is 18.3 Å². The third-order valence-electron chi connectivity index (χ3n) is 4.82. The molecule has 0 bridgehead atoms. The first-order valence-electron chi connectivity index (χ1n) is 8.87. The summed E-state index contributed by atoms with van der Waals surface area (Å²) in [5.41, 5.74) is 0.728. The third kappa shape index (κ3) is 3.51. The number of aromatic nitrogens is 4. The number of fused-ring (bicyclic) bond motifs is 1. The second-order valence-electron chi connectivity index (χ2n) is 6.77. The van der Waals surface area contributed by atoms with Gasteiger partial charge in [0.15, 0.2) is 0 Å². The Hall–Kier alpha value is -3.01. The fraction of sp³-hybridized carbons (Fsp3) is 0.263. The van der Waals surface area contributed by atoms with E-state index in [1.807, 2.05) is 0 Å². The Morgan fingerprint density at radius 1 is 1.23 bits per heavy atom. The van der Waals surface area contributed by atoms with Crippen LogP contribution in [0.2, 0.25) is 5.02 Å². The molecular weight excluding hydrogens is 426 g/mol. The van der Waals surface area contributed by atoms with Crippen molar-refractivity contribution in [3.63, 3.8) is 0 Å². The summed E-state index contributed by atoms with van der Waals surface area (Å²) in [6.45, 7) is 1.98. The molecule has 0 atom stereocenters. The first-order chi connectivity index (χ1) is 14.2. The van der Waals surface area contributed by atoms with Crippen LogP contribution in [-0.4, -0.2) is 37.5 Å². The van der Waals surface area contributed by atoms with Crippen LogP contribution in [0.4, 0.5) is 17.6 Å². The zero-order valence-electron chi connectivity index (χ0n) is 15.5. The number of alkyl halides is 3. The Kier molecular flexibility index (Phi) is 4.97. The van der Waals surface area contributed by atoms with E-state index in [2.05, 4.69) is 20.2 Å². The fourth-order valence-electron chi connectivity index (χ4n) is 3.49. The number of carbonyl (C=O) groups is 1. The fourth-order valence-corrected chi connectivity index (χ4v) is 3.83. The van der Waals surface area contributed by atoms with Crippen LogP contribution in [0.25, 0.3) is 11.4 Å². The number of aromatic amines is 1. The number of rotatable bonds is 2. The summed E-state index contributed by atoms with van der Waals surface area (Å²) in [6.07, 6.45) is -3.04. The van der Waals surface area contributed by atoms with Gasteiger partial charge in [0.2, 0.25) is 0 Å². The Balaban J connectivity index is 1.69. The van der Waals surface area contributed by atoms with Crippen LogP contribution in [0, 0.1) is 12.7 Å². The molecule has 11 heteroatoms. The van der Waals surface area contributed by atoms with E-state index < -0.39 is 34.1 Å². The van der Waals surface area contributed by atoms with Crippen LogP contribution in [0.3, 0.4) is 0 Å². The van der Waals surface area contributed by atoms with Crippen molar-refractivity contribution in [1.82, 2.24) is 25.1 Å². The molecule has 4 rings (SSSR count). The van der Waals surface area contributed by atoms with E-state index in [0.717, 1.165) is 11.6 Å². The largest absolute Gasteiger partial charge is 0.420 e. The summed E-state index contributed by atoms with van der Waals surface area (Å²) < 4.78 is 53.1. The molecular formula is C19H14ClF4N5O. The molecule has 156 valence electrons. The summed E-state index contributed by atoms with van der Waals surface area (Å²) in [6, 6.07) is 3.32. The molecule has 1 aliphatic rings. The number of amides is 1. The van der Waals surface area contributed by atoms with Crippen molar-refractivity contribution in [3.05, 3.63) is 63.4 Å². The Morgan fingerprint density at radius 3 is 2.67 bits per heavy atom. The highest BCUT2D eigenvalue weighted by Crippen LogP contribution is 2.39. The highest BCUT2D eigenvalue weighted by atomic mass is 35.5. The van der Waals surface area contributed by atoms with Crippen LogP contribution in [0.15, 0.2) is 24.4 Å². The minimum absolute atomic E-state index is 0.0632. The van der Waals surface area contributed by atoms with Crippen molar-refractivity contribution >= 4 is 17.5 Å². The van der Waals surface area contributed by atoms with Crippen LogP contribution < -0.4 is 0 Å². The van der Waals surface area contributed by atoms with Gasteiger partial charge in [0.1, 0.15) is 17.2 Å². The average Bonchev–Trinajstić information content (AvgIpc) is 3.20. The molecule has 1 aromatic carbocycles. The number of nitrogens with zero attached hydrogens (tertiary/aromatic N) is 4. The zero-order valence-corrected chi connectivity index (χ0v) is 16.3. The maximum absolute atomic E-state index is 13.7. The molecule has 2 aromatic heterocycles. The maximum atomic E-state index is 13.7. The minimum Gasteiger partial charge on any atom is -0.332 e. The van der Waals surface area contributed by atoms with Crippen molar-refractivity contribution in [1.29, 1.82) is 0 Å². The maximum Gasteiger partial charge on any atom is 0.420 e. The molecule has 0 radical (unpaired) electrons. The molecule has 0 fully saturated rings. The van der Waals surface area contributed by atoms with E-state index in [1.54, 1.807) is 19.2 Å². The van der Waals surface area contributed by atoms with Crippen LogP contribution >= 0.6 is 11.6 Å². The molecule has 1 aliphatic heterocycles. The third-order valence-corrected chi connectivity index (χ3v) is 5.22. The molecule has 1 N–H and O–H groups in total. The lowest BCUT2D eigenvalue weighted by atomic mass is 10.00. The van der Waals surface area contributed by atoms with Crippen LogP contribution in [0.1, 0.15) is 33.0 Å². The predicted molar refractivity (Wildman–Crippen MR) is 99.2 cm³/mol. The van der Waals surface area contributed by atoms with Crippen molar-refractivity contribution in [2.75, 3.05) is 6.54 Å². The van der Waals surface area contributed by atoms with Gasteiger partial charge < -0.3 is 4.90 Å². The van der Waals surface area contributed by atoms with Crippen molar-refractivity contribution in [3.8, 4) is 11.4 Å². The molecule has 3 aromatic rings. The molecule has 30 heavy (non-hydrogen) atoms. The smallest absolute Gasteiger partial charge is 0.332 e. The van der Waals surface area contributed by atoms with Crippen molar-refractivity contribution < 1.29 is 22.4 Å². The molecule has 0 spiro atoms. The quantitative estimate of drug-likeness (QED) is 0.608. The molecule has 0 unspecified atom stereocenters. The van der Waals surface area contributed by atoms with E-state index in [1.165, 1.54) is 4.90 Å². The predicted octanol–water partition coefficient (Wildman–Crippen LogP) is 4.18.